The van der Waals surface area contributed by atoms with Crippen LogP contribution in [0.2, 0.25) is 0 Å². The lowest BCUT2D eigenvalue weighted by Gasteiger charge is -2.17. The maximum Gasteiger partial charge on any atom is 0.261 e. The Labute approximate surface area is 198 Å². The number of carbonyl (C=O) groups is 2. The number of sulfonamides is 1. The van der Waals surface area contributed by atoms with Gasteiger partial charge in [-0.3, -0.25) is 14.3 Å². The van der Waals surface area contributed by atoms with Gasteiger partial charge < -0.3 is 15.0 Å². The molecule has 0 atom stereocenters. The summed E-state index contributed by atoms with van der Waals surface area (Å²) in [6.45, 7) is 6.77. The minimum absolute atomic E-state index is 0.0501. The second-order valence-electron chi connectivity index (χ2n) is 8.37. The predicted octanol–water partition coefficient (Wildman–Crippen LogP) is 4.75. The van der Waals surface area contributed by atoms with Gasteiger partial charge in [-0.05, 0) is 79.9 Å². The zero-order valence-corrected chi connectivity index (χ0v) is 20.3. The zero-order chi connectivity index (χ0) is 24.8. The standard InChI is InChI=1S/C25H25N3O5S/c1-14-6-8-23-21(10-14)28(5)25(30)20-13-18(7-9-22(20)33-23)27-34(31,32)19-11-15(2)24(16(3)12-19)26-17(4)29/h6-13,27H,1-5H3,(H,26,29). The van der Waals surface area contributed by atoms with E-state index >= 15 is 0 Å². The van der Waals surface area contributed by atoms with E-state index in [9.17, 15) is 18.0 Å². The highest BCUT2D eigenvalue weighted by atomic mass is 32.2. The van der Waals surface area contributed by atoms with Gasteiger partial charge in [-0.1, -0.05) is 6.07 Å². The van der Waals surface area contributed by atoms with Crippen LogP contribution in [0.5, 0.6) is 11.5 Å². The smallest absolute Gasteiger partial charge is 0.261 e. The molecule has 0 spiro atoms. The molecule has 0 radical (unpaired) electrons. The van der Waals surface area contributed by atoms with Crippen LogP contribution in [0.3, 0.4) is 0 Å². The third-order valence-corrected chi connectivity index (χ3v) is 6.94. The van der Waals surface area contributed by atoms with E-state index in [0.717, 1.165) is 5.56 Å². The number of benzene rings is 3. The third-order valence-electron chi connectivity index (χ3n) is 5.58. The fourth-order valence-corrected chi connectivity index (χ4v) is 5.12. The molecular weight excluding hydrogens is 454 g/mol. The van der Waals surface area contributed by atoms with Crippen LogP contribution in [0.1, 0.15) is 34.0 Å². The predicted molar refractivity (Wildman–Crippen MR) is 131 cm³/mol. The van der Waals surface area contributed by atoms with Gasteiger partial charge in [0.15, 0.2) is 5.75 Å². The number of nitrogens with zero attached hydrogens (tertiary/aromatic N) is 1. The van der Waals surface area contributed by atoms with Gasteiger partial charge in [-0.25, -0.2) is 8.42 Å². The van der Waals surface area contributed by atoms with Crippen molar-refractivity contribution in [3.8, 4) is 11.5 Å². The molecule has 0 aromatic heterocycles. The number of hydrogen-bond acceptors (Lipinski definition) is 5. The Kier molecular flexibility index (Phi) is 5.82. The van der Waals surface area contributed by atoms with Crippen molar-refractivity contribution in [1.82, 2.24) is 0 Å². The molecule has 1 aliphatic heterocycles. The largest absolute Gasteiger partial charge is 0.454 e. The van der Waals surface area contributed by atoms with Crippen molar-refractivity contribution in [2.75, 3.05) is 22.0 Å². The van der Waals surface area contributed by atoms with E-state index in [2.05, 4.69) is 10.0 Å². The topological polar surface area (TPSA) is 105 Å². The number of fused-ring (bicyclic) bond motifs is 2. The summed E-state index contributed by atoms with van der Waals surface area (Å²) in [5, 5.41) is 2.72. The molecule has 0 fully saturated rings. The first-order valence-corrected chi connectivity index (χ1v) is 12.1. The van der Waals surface area contributed by atoms with Gasteiger partial charge in [0, 0.05) is 25.3 Å². The van der Waals surface area contributed by atoms with Gasteiger partial charge in [0.1, 0.15) is 5.75 Å². The summed E-state index contributed by atoms with van der Waals surface area (Å²) in [5.41, 5.74) is 3.91. The number of nitrogens with one attached hydrogen (secondary N) is 2. The van der Waals surface area contributed by atoms with Crippen molar-refractivity contribution >= 4 is 38.9 Å². The van der Waals surface area contributed by atoms with E-state index in [-0.39, 0.29) is 28.0 Å². The summed E-state index contributed by atoms with van der Waals surface area (Å²) >= 11 is 0. The van der Waals surface area contributed by atoms with Crippen LogP contribution in [0.25, 0.3) is 0 Å². The number of rotatable bonds is 4. The van der Waals surface area contributed by atoms with E-state index in [0.29, 0.717) is 34.0 Å². The summed E-state index contributed by atoms with van der Waals surface area (Å²) in [6.07, 6.45) is 0. The van der Waals surface area contributed by atoms with Crippen molar-refractivity contribution in [2.45, 2.75) is 32.6 Å². The van der Waals surface area contributed by atoms with E-state index in [1.165, 1.54) is 30.0 Å². The fraction of sp³-hybridized carbons (Fsp3) is 0.200. The molecule has 1 heterocycles. The maximum absolute atomic E-state index is 13.1. The third kappa shape index (κ3) is 4.34. The Hall–Kier alpha value is -3.85. The Morgan fingerprint density at radius 2 is 1.59 bits per heavy atom. The van der Waals surface area contributed by atoms with Crippen LogP contribution >= 0.6 is 0 Å². The Bertz CT molecular complexity index is 1420. The number of carbonyl (C=O) groups excluding carboxylic acids is 2. The number of ether oxygens (including phenoxy) is 1. The molecule has 176 valence electrons. The molecule has 0 aliphatic carbocycles. The summed E-state index contributed by atoms with van der Waals surface area (Å²) in [5.74, 6) is 0.332. The number of amides is 2. The first-order chi connectivity index (χ1) is 16.0. The van der Waals surface area contributed by atoms with Crippen LogP contribution < -0.4 is 19.7 Å². The van der Waals surface area contributed by atoms with Crippen LogP contribution in [0.4, 0.5) is 17.1 Å². The highest BCUT2D eigenvalue weighted by molar-refractivity contribution is 7.92. The van der Waals surface area contributed by atoms with Crippen molar-refractivity contribution in [3.05, 3.63) is 70.8 Å². The molecule has 34 heavy (non-hydrogen) atoms. The Balaban J connectivity index is 1.67. The average Bonchev–Trinajstić information content (AvgIpc) is 2.85. The quantitative estimate of drug-likeness (QED) is 0.562. The average molecular weight is 480 g/mol. The molecule has 9 heteroatoms. The van der Waals surface area contributed by atoms with Gasteiger partial charge in [0.25, 0.3) is 15.9 Å². The SMILES string of the molecule is CC(=O)Nc1c(C)cc(S(=O)(=O)Nc2ccc3c(c2)C(=O)N(C)c2cc(C)ccc2O3)cc1C. The lowest BCUT2D eigenvalue weighted by Crippen LogP contribution is -2.25. The molecule has 0 bridgehead atoms. The Morgan fingerprint density at radius 1 is 0.941 bits per heavy atom. The van der Waals surface area contributed by atoms with E-state index in [1.54, 1.807) is 39.1 Å². The van der Waals surface area contributed by atoms with Gasteiger partial charge >= 0.3 is 0 Å². The molecule has 0 unspecified atom stereocenters. The molecule has 0 saturated heterocycles. The summed E-state index contributed by atoms with van der Waals surface area (Å²) < 4.78 is 34.7. The van der Waals surface area contributed by atoms with Gasteiger partial charge in [-0.2, -0.15) is 0 Å². The van der Waals surface area contributed by atoms with E-state index in [4.69, 9.17) is 4.74 Å². The number of anilines is 3. The van der Waals surface area contributed by atoms with Crippen molar-refractivity contribution in [1.29, 1.82) is 0 Å². The van der Waals surface area contributed by atoms with E-state index in [1.807, 2.05) is 19.1 Å². The zero-order valence-electron chi connectivity index (χ0n) is 19.5. The maximum atomic E-state index is 13.1. The summed E-state index contributed by atoms with van der Waals surface area (Å²) in [6, 6.07) is 13.1. The molecule has 2 N–H and O–H groups in total. The van der Waals surface area contributed by atoms with Gasteiger partial charge in [0.05, 0.1) is 16.1 Å². The molecule has 0 saturated carbocycles. The molecule has 2 amide bonds. The summed E-state index contributed by atoms with van der Waals surface area (Å²) in [7, 11) is -2.31. The lowest BCUT2D eigenvalue weighted by atomic mass is 10.1. The molecule has 4 rings (SSSR count). The van der Waals surface area contributed by atoms with E-state index < -0.39 is 10.0 Å². The molecule has 3 aromatic rings. The summed E-state index contributed by atoms with van der Waals surface area (Å²) in [4.78, 5) is 26.1. The highest BCUT2D eigenvalue weighted by Gasteiger charge is 2.27. The first-order valence-electron chi connectivity index (χ1n) is 10.6. The van der Waals surface area contributed by atoms with Crippen LogP contribution in [-0.2, 0) is 14.8 Å². The molecule has 8 nitrogen and oxygen atoms in total. The second kappa shape index (κ2) is 8.49. The van der Waals surface area contributed by atoms with Crippen LogP contribution in [0.15, 0.2) is 53.4 Å². The van der Waals surface area contributed by atoms with Crippen molar-refractivity contribution in [2.24, 2.45) is 0 Å². The second-order valence-corrected chi connectivity index (χ2v) is 10.0. The minimum Gasteiger partial charge on any atom is -0.454 e. The number of hydrogen-bond donors (Lipinski definition) is 2. The highest BCUT2D eigenvalue weighted by Crippen LogP contribution is 2.39. The first kappa shape index (κ1) is 23.3. The Morgan fingerprint density at radius 3 is 2.24 bits per heavy atom. The normalized spacial score (nSPS) is 12.9. The molecular formula is C25H25N3O5S. The fourth-order valence-electron chi connectivity index (χ4n) is 3.90. The van der Waals surface area contributed by atoms with Gasteiger partial charge in [-0.15, -0.1) is 0 Å². The number of aryl methyl sites for hydroxylation is 3. The van der Waals surface area contributed by atoms with Crippen LogP contribution in [0, 0.1) is 20.8 Å². The lowest BCUT2D eigenvalue weighted by molar-refractivity contribution is -0.114. The monoisotopic (exact) mass is 479 g/mol. The van der Waals surface area contributed by atoms with Crippen molar-refractivity contribution < 1.29 is 22.7 Å². The molecule has 3 aromatic carbocycles. The van der Waals surface area contributed by atoms with Gasteiger partial charge in [0.2, 0.25) is 5.91 Å². The van der Waals surface area contributed by atoms with Crippen molar-refractivity contribution in [3.63, 3.8) is 0 Å². The minimum atomic E-state index is -3.96. The van der Waals surface area contributed by atoms with Crippen LogP contribution in [-0.4, -0.2) is 27.3 Å². The molecule has 1 aliphatic rings.